The fourth-order valence-corrected chi connectivity index (χ4v) is 1.91. The molecule has 0 aromatic heterocycles. The molecule has 80 valence electrons. The van der Waals surface area contributed by atoms with Crippen LogP contribution in [0.2, 0.25) is 5.02 Å². The topological polar surface area (TPSA) is 29.1 Å². The van der Waals surface area contributed by atoms with E-state index in [1.807, 2.05) is 0 Å². The predicted molar refractivity (Wildman–Crippen MR) is 59.6 cm³/mol. The molecule has 1 aliphatic rings. The van der Waals surface area contributed by atoms with Crippen LogP contribution in [0, 0.1) is 5.82 Å². The zero-order valence-corrected chi connectivity index (χ0v) is 10.0. The highest BCUT2D eigenvalue weighted by Gasteiger charge is 2.25. The van der Waals surface area contributed by atoms with Gasteiger partial charge in [0.05, 0.1) is 15.1 Å². The van der Waals surface area contributed by atoms with E-state index in [4.69, 9.17) is 11.6 Å². The molecule has 1 N–H and O–H groups in total. The predicted octanol–water partition coefficient (Wildman–Crippen LogP) is 3.13. The molecule has 1 amide bonds. The molecular formula is C10H8BrClFNO. The molecular weight excluding hydrogens is 284 g/mol. The second-order valence-corrected chi connectivity index (χ2v) is 4.76. The van der Waals surface area contributed by atoms with Crippen LogP contribution in [0.4, 0.5) is 4.39 Å². The number of hydrogen-bond donors (Lipinski definition) is 1. The summed E-state index contributed by atoms with van der Waals surface area (Å²) >= 11 is 8.84. The van der Waals surface area contributed by atoms with Crippen molar-refractivity contribution in [2.24, 2.45) is 0 Å². The van der Waals surface area contributed by atoms with Gasteiger partial charge in [0.2, 0.25) is 0 Å². The van der Waals surface area contributed by atoms with Crippen LogP contribution in [0.5, 0.6) is 0 Å². The maximum Gasteiger partial charge on any atom is 0.253 e. The van der Waals surface area contributed by atoms with Crippen LogP contribution in [-0.2, 0) is 0 Å². The molecule has 0 bridgehead atoms. The Hall–Kier alpha value is -0.610. The summed E-state index contributed by atoms with van der Waals surface area (Å²) in [7, 11) is 0. The number of amides is 1. The molecule has 0 unspecified atom stereocenters. The first-order chi connectivity index (χ1) is 7.08. The highest BCUT2D eigenvalue weighted by molar-refractivity contribution is 9.10. The quantitative estimate of drug-likeness (QED) is 0.834. The van der Waals surface area contributed by atoms with Crippen LogP contribution in [0.15, 0.2) is 16.6 Å². The summed E-state index contributed by atoms with van der Waals surface area (Å²) in [5.41, 5.74) is 0.185. The van der Waals surface area contributed by atoms with E-state index in [9.17, 15) is 9.18 Å². The lowest BCUT2D eigenvalue weighted by atomic mass is 10.2. The van der Waals surface area contributed by atoms with E-state index in [-0.39, 0.29) is 27.0 Å². The first kappa shape index (κ1) is 10.9. The van der Waals surface area contributed by atoms with Crippen LogP contribution in [0.3, 0.4) is 0 Å². The molecule has 0 aliphatic heterocycles. The van der Waals surface area contributed by atoms with E-state index < -0.39 is 5.82 Å². The summed E-state index contributed by atoms with van der Waals surface area (Å²) in [6.07, 6.45) is 1.98. The zero-order valence-electron chi connectivity index (χ0n) is 7.69. The molecule has 0 heterocycles. The fourth-order valence-electron chi connectivity index (χ4n) is 1.19. The highest BCUT2D eigenvalue weighted by Crippen LogP contribution is 2.26. The van der Waals surface area contributed by atoms with Gasteiger partial charge in [0, 0.05) is 6.04 Å². The third kappa shape index (κ3) is 2.49. The van der Waals surface area contributed by atoms with Crippen molar-refractivity contribution < 1.29 is 9.18 Å². The van der Waals surface area contributed by atoms with Crippen LogP contribution in [0.1, 0.15) is 23.2 Å². The third-order valence-corrected chi connectivity index (χ3v) is 3.09. The number of carbonyl (C=O) groups is 1. The SMILES string of the molecule is O=C(NC1CC1)c1cc(F)c(Br)cc1Cl. The van der Waals surface area contributed by atoms with Gasteiger partial charge in [0.25, 0.3) is 5.91 Å². The lowest BCUT2D eigenvalue weighted by Gasteiger charge is -2.06. The Balaban J connectivity index is 2.25. The van der Waals surface area contributed by atoms with Gasteiger partial charge in [0.15, 0.2) is 0 Å². The summed E-state index contributed by atoms with van der Waals surface area (Å²) in [6, 6.07) is 2.77. The van der Waals surface area contributed by atoms with Crippen molar-refractivity contribution in [3.05, 3.63) is 33.0 Å². The van der Waals surface area contributed by atoms with Crippen LogP contribution >= 0.6 is 27.5 Å². The molecule has 1 aromatic rings. The van der Waals surface area contributed by atoms with E-state index in [1.54, 1.807) is 0 Å². The Morgan fingerprint density at radius 2 is 2.20 bits per heavy atom. The summed E-state index contributed by atoms with van der Waals surface area (Å²) in [5.74, 6) is -0.797. The minimum Gasteiger partial charge on any atom is -0.349 e. The summed E-state index contributed by atoms with van der Waals surface area (Å²) in [4.78, 5) is 11.6. The van der Waals surface area contributed by atoms with Gasteiger partial charge in [0.1, 0.15) is 5.82 Å². The van der Waals surface area contributed by atoms with Crippen LogP contribution in [0.25, 0.3) is 0 Å². The molecule has 2 rings (SSSR count). The number of benzene rings is 1. The average Bonchev–Trinajstić information content (AvgIpc) is 2.95. The maximum atomic E-state index is 13.2. The standard InChI is InChI=1S/C10H8BrClFNO/c11-7-4-8(12)6(3-9(7)13)10(15)14-5-1-2-5/h3-5H,1-2H2,(H,14,15). The van der Waals surface area contributed by atoms with E-state index >= 15 is 0 Å². The minimum absolute atomic E-state index is 0.185. The first-order valence-electron chi connectivity index (χ1n) is 4.53. The van der Waals surface area contributed by atoms with Crippen molar-refractivity contribution in [3.8, 4) is 0 Å². The van der Waals surface area contributed by atoms with Crippen molar-refractivity contribution in [2.75, 3.05) is 0 Å². The van der Waals surface area contributed by atoms with Crippen molar-refractivity contribution >= 4 is 33.4 Å². The normalized spacial score (nSPS) is 15.1. The molecule has 0 atom stereocenters. The number of nitrogens with one attached hydrogen (secondary N) is 1. The summed E-state index contributed by atoms with van der Waals surface area (Å²) in [6.45, 7) is 0. The Morgan fingerprint density at radius 1 is 1.53 bits per heavy atom. The average molecular weight is 293 g/mol. The largest absolute Gasteiger partial charge is 0.349 e. The van der Waals surface area contributed by atoms with Gasteiger partial charge in [-0.2, -0.15) is 0 Å². The van der Waals surface area contributed by atoms with Gasteiger partial charge < -0.3 is 5.32 Å². The third-order valence-electron chi connectivity index (χ3n) is 2.17. The van der Waals surface area contributed by atoms with Crippen LogP contribution in [-0.4, -0.2) is 11.9 Å². The van der Waals surface area contributed by atoms with Crippen LogP contribution < -0.4 is 5.32 Å². The van der Waals surface area contributed by atoms with Crippen molar-refractivity contribution in [1.29, 1.82) is 0 Å². The summed E-state index contributed by atoms with van der Waals surface area (Å²) < 4.78 is 13.4. The minimum atomic E-state index is -0.486. The summed E-state index contributed by atoms with van der Waals surface area (Å²) in [5, 5.41) is 3.00. The van der Waals surface area contributed by atoms with Gasteiger partial charge in [-0.3, -0.25) is 4.79 Å². The van der Waals surface area contributed by atoms with Crippen molar-refractivity contribution in [2.45, 2.75) is 18.9 Å². The molecule has 15 heavy (non-hydrogen) atoms. The monoisotopic (exact) mass is 291 g/mol. The lowest BCUT2D eigenvalue weighted by Crippen LogP contribution is -2.25. The molecule has 0 spiro atoms. The van der Waals surface area contributed by atoms with Gasteiger partial charge >= 0.3 is 0 Å². The highest BCUT2D eigenvalue weighted by atomic mass is 79.9. The van der Waals surface area contributed by atoms with Gasteiger partial charge in [-0.05, 0) is 40.9 Å². The smallest absolute Gasteiger partial charge is 0.253 e. The Kier molecular flexibility index (Phi) is 2.98. The zero-order chi connectivity index (χ0) is 11.0. The number of rotatable bonds is 2. The number of halogens is 3. The molecule has 0 saturated heterocycles. The van der Waals surface area contributed by atoms with Crippen molar-refractivity contribution in [3.63, 3.8) is 0 Å². The Morgan fingerprint density at radius 3 is 2.80 bits per heavy atom. The van der Waals surface area contributed by atoms with Crippen molar-refractivity contribution in [1.82, 2.24) is 5.32 Å². The second kappa shape index (κ2) is 4.10. The fraction of sp³-hybridized carbons (Fsp3) is 0.300. The molecule has 2 nitrogen and oxygen atoms in total. The number of carbonyl (C=O) groups excluding carboxylic acids is 1. The molecule has 1 aliphatic carbocycles. The van der Waals surface area contributed by atoms with E-state index in [2.05, 4.69) is 21.2 Å². The van der Waals surface area contributed by atoms with Gasteiger partial charge in [-0.25, -0.2) is 4.39 Å². The molecule has 5 heteroatoms. The Bertz CT molecular complexity index is 420. The number of hydrogen-bond acceptors (Lipinski definition) is 1. The lowest BCUT2D eigenvalue weighted by molar-refractivity contribution is 0.0951. The van der Waals surface area contributed by atoms with E-state index in [0.29, 0.717) is 0 Å². The van der Waals surface area contributed by atoms with E-state index in [1.165, 1.54) is 6.07 Å². The maximum absolute atomic E-state index is 13.2. The Labute approximate surface area is 99.9 Å². The second-order valence-electron chi connectivity index (χ2n) is 3.49. The van der Waals surface area contributed by atoms with E-state index in [0.717, 1.165) is 18.9 Å². The molecule has 1 aromatic carbocycles. The molecule has 0 radical (unpaired) electrons. The first-order valence-corrected chi connectivity index (χ1v) is 5.70. The van der Waals surface area contributed by atoms with Gasteiger partial charge in [-0.15, -0.1) is 0 Å². The molecule has 1 saturated carbocycles. The van der Waals surface area contributed by atoms with Gasteiger partial charge in [-0.1, -0.05) is 11.6 Å². The molecule has 1 fully saturated rings.